The maximum atomic E-state index is 13.0. The fourth-order valence-corrected chi connectivity index (χ4v) is 4.97. The first-order valence-electron chi connectivity index (χ1n) is 7.22. The highest BCUT2D eigenvalue weighted by atomic mass is 32.2. The number of benzene rings is 1. The zero-order valence-electron chi connectivity index (χ0n) is 12.4. The Kier molecular flexibility index (Phi) is 3.55. The van der Waals surface area contributed by atoms with Gasteiger partial charge in [-0.05, 0) is 25.8 Å². The van der Waals surface area contributed by atoms with E-state index in [1.807, 2.05) is 42.8 Å². The summed E-state index contributed by atoms with van der Waals surface area (Å²) < 4.78 is 29.5. The third-order valence-corrected chi connectivity index (χ3v) is 6.51. The number of nitrogens with zero attached hydrogens (tertiary/aromatic N) is 2. The van der Waals surface area contributed by atoms with Crippen LogP contribution in [0.3, 0.4) is 0 Å². The summed E-state index contributed by atoms with van der Waals surface area (Å²) in [5, 5.41) is 0.798. The van der Waals surface area contributed by atoms with Crippen molar-refractivity contribution in [1.82, 2.24) is 8.87 Å². The van der Waals surface area contributed by atoms with Crippen LogP contribution in [0.25, 0.3) is 10.9 Å². The van der Waals surface area contributed by atoms with Crippen molar-refractivity contribution >= 4 is 20.9 Å². The van der Waals surface area contributed by atoms with Gasteiger partial charge in [0.2, 0.25) is 10.0 Å². The van der Waals surface area contributed by atoms with Gasteiger partial charge in [0, 0.05) is 42.8 Å². The minimum absolute atomic E-state index is 0.116. The van der Waals surface area contributed by atoms with Crippen LogP contribution in [0.2, 0.25) is 0 Å². The van der Waals surface area contributed by atoms with Gasteiger partial charge in [-0.25, -0.2) is 8.42 Å². The molecule has 0 saturated carbocycles. The summed E-state index contributed by atoms with van der Waals surface area (Å²) in [7, 11) is -1.56. The first-order valence-corrected chi connectivity index (χ1v) is 8.66. The molecule has 5 nitrogen and oxygen atoms in total. The average molecular weight is 307 g/mol. The summed E-state index contributed by atoms with van der Waals surface area (Å²) in [6.07, 6.45) is 1.45. The summed E-state index contributed by atoms with van der Waals surface area (Å²) in [5.74, 6) is 0. The van der Waals surface area contributed by atoms with E-state index in [-0.39, 0.29) is 6.04 Å². The van der Waals surface area contributed by atoms with Gasteiger partial charge in [0.1, 0.15) is 4.90 Å². The average Bonchev–Trinajstić information content (AvgIpc) is 2.72. The third-order valence-electron chi connectivity index (χ3n) is 4.44. The highest BCUT2D eigenvalue weighted by Crippen LogP contribution is 2.32. The number of para-hydroxylation sites is 1. The molecule has 0 amide bonds. The Morgan fingerprint density at radius 1 is 1.19 bits per heavy atom. The largest absolute Gasteiger partial charge is 0.347 e. The summed E-state index contributed by atoms with van der Waals surface area (Å²) in [6, 6.07) is 7.76. The first-order chi connectivity index (χ1) is 9.93. The second kappa shape index (κ2) is 5.12. The van der Waals surface area contributed by atoms with Gasteiger partial charge in [0.15, 0.2) is 0 Å². The summed E-state index contributed by atoms with van der Waals surface area (Å²) >= 11 is 0. The molecule has 1 aromatic heterocycles. The molecule has 1 fully saturated rings. The van der Waals surface area contributed by atoms with Crippen LogP contribution in [0.4, 0.5) is 0 Å². The Labute approximate surface area is 125 Å². The van der Waals surface area contributed by atoms with Gasteiger partial charge in [-0.15, -0.1) is 0 Å². The molecular weight excluding hydrogens is 286 g/mol. The van der Waals surface area contributed by atoms with E-state index in [9.17, 15) is 8.42 Å². The molecule has 1 aliphatic rings. The van der Waals surface area contributed by atoms with E-state index in [1.165, 1.54) is 0 Å². The predicted molar refractivity (Wildman–Crippen MR) is 83.6 cm³/mol. The van der Waals surface area contributed by atoms with Crippen molar-refractivity contribution < 1.29 is 8.42 Å². The number of aromatic nitrogens is 1. The number of hydrogen-bond acceptors (Lipinski definition) is 3. The van der Waals surface area contributed by atoms with Gasteiger partial charge in [-0.3, -0.25) is 0 Å². The minimum Gasteiger partial charge on any atom is -0.347 e. The number of piperidine rings is 1. The molecule has 0 spiro atoms. The molecule has 2 N–H and O–H groups in total. The van der Waals surface area contributed by atoms with Gasteiger partial charge in [-0.2, -0.15) is 4.31 Å². The van der Waals surface area contributed by atoms with E-state index in [0.717, 1.165) is 29.4 Å². The van der Waals surface area contributed by atoms with Crippen molar-refractivity contribution in [2.24, 2.45) is 12.8 Å². The van der Waals surface area contributed by atoms with Crippen molar-refractivity contribution in [2.75, 3.05) is 13.1 Å². The number of sulfonamides is 1. The lowest BCUT2D eigenvalue weighted by atomic mass is 10.1. The summed E-state index contributed by atoms with van der Waals surface area (Å²) in [4.78, 5) is 0.441. The van der Waals surface area contributed by atoms with Crippen LogP contribution in [-0.2, 0) is 17.1 Å². The molecule has 6 heteroatoms. The fourth-order valence-electron chi connectivity index (χ4n) is 3.06. The number of nitrogens with two attached hydrogens (primary N) is 1. The van der Waals surface area contributed by atoms with E-state index < -0.39 is 10.0 Å². The van der Waals surface area contributed by atoms with Crippen molar-refractivity contribution in [1.29, 1.82) is 0 Å². The standard InChI is InChI=1S/C15H21N3O2S/c1-11-15(13-5-3-4-6-14(13)17(11)2)21(19,20)18-9-7-12(16)8-10-18/h3-6,12H,7-10,16H2,1-2H3. The Morgan fingerprint density at radius 2 is 1.81 bits per heavy atom. The van der Waals surface area contributed by atoms with Crippen molar-refractivity contribution in [2.45, 2.75) is 30.7 Å². The highest BCUT2D eigenvalue weighted by Gasteiger charge is 2.32. The van der Waals surface area contributed by atoms with Gasteiger partial charge in [-0.1, -0.05) is 18.2 Å². The molecule has 2 aromatic rings. The van der Waals surface area contributed by atoms with Crippen LogP contribution >= 0.6 is 0 Å². The van der Waals surface area contributed by atoms with Crippen LogP contribution in [-0.4, -0.2) is 36.4 Å². The predicted octanol–water partition coefficient (Wildman–Crippen LogP) is 1.60. The highest BCUT2D eigenvalue weighted by molar-refractivity contribution is 7.89. The summed E-state index contributed by atoms with van der Waals surface area (Å²) in [5.41, 5.74) is 7.61. The number of fused-ring (bicyclic) bond motifs is 1. The summed E-state index contributed by atoms with van der Waals surface area (Å²) in [6.45, 7) is 2.88. The van der Waals surface area contributed by atoms with Crippen LogP contribution in [0, 0.1) is 6.92 Å². The van der Waals surface area contributed by atoms with Crippen LogP contribution < -0.4 is 5.73 Å². The van der Waals surface area contributed by atoms with Gasteiger partial charge in [0.05, 0.1) is 0 Å². The molecule has 0 unspecified atom stereocenters. The number of hydrogen-bond donors (Lipinski definition) is 1. The lowest BCUT2D eigenvalue weighted by Gasteiger charge is -2.29. The van der Waals surface area contributed by atoms with E-state index in [4.69, 9.17) is 5.73 Å². The lowest BCUT2D eigenvalue weighted by molar-refractivity contribution is 0.320. The minimum atomic E-state index is -3.46. The first kappa shape index (κ1) is 14.6. The Morgan fingerprint density at radius 3 is 2.48 bits per heavy atom. The fraction of sp³-hybridized carbons (Fsp3) is 0.467. The van der Waals surface area contributed by atoms with Crippen LogP contribution in [0.5, 0.6) is 0 Å². The molecule has 1 aromatic carbocycles. The zero-order valence-corrected chi connectivity index (χ0v) is 13.2. The molecule has 1 saturated heterocycles. The van der Waals surface area contributed by atoms with Crippen molar-refractivity contribution in [3.63, 3.8) is 0 Å². The molecule has 3 rings (SSSR count). The monoisotopic (exact) mass is 307 g/mol. The molecule has 1 aliphatic heterocycles. The van der Waals surface area contributed by atoms with E-state index in [2.05, 4.69) is 0 Å². The lowest BCUT2D eigenvalue weighted by Crippen LogP contribution is -2.42. The Bertz CT molecular complexity index is 772. The normalized spacial score (nSPS) is 18.4. The van der Waals surface area contributed by atoms with Crippen LogP contribution in [0.1, 0.15) is 18.5 Å². The Hall–Kier alpha value is -1.37. The van der Waals surface area contributed by atoms with Gasteiger partial charge >= 0.3 is 0 Å². The number of rotatable bonds is 2. The van der Waals surface area contributed by atoms with Crippen molar-refractivity contribution in [3.05, 3.63) is 30.0 Å². The maximum absolute atomic E-state index is 13.0. The van der Waals surface area contributed by atoms with E-state index in [1.54, 1.807) is 4.31 Å². The Balaban J connectivity index is 2.13. The molecule has 0 bridgehead atoms. The molecule has 0 radical (unpaired) electrons. The van der Waals surface area contributed by atoms with Gasteiger partial charge in [0.25, 0.3) is 0 Å². The zero-order chi connectivity index (χ0) is 15.2. The quantitative estimate of drug-likeness (QED) is 0.916. The SMILES string of the molecule is Cc1c(S(=O)(=O)N2CCC(N)CC2)c2ccccc2n1C. The van der Waals surface area contributed by atoms with Crippen molar-refractivity contribution in [3.8, 4) is 0 Å². The molecular formula is C15H21N3O2S. The molecule has 0 aliphatic carbocycles. The second-order valence-electron chi connectivity index (χ2n) is 5.73. The topological polar surface area (TPSA) is 68.3 Å². The van der Waals surface area contributed by atoms with Crippen LogP contribution in [0.15, 0.2) is 29.2 Å². The second-order valence-corrected chi connectivity index (χ2v) is 7.61. The molecule has 114 valence electrons. The maximum Gasteiger partial charge on any atom is 0.245 e. The molecule has 21 heavy (non-hydrogen) atoms. The van der Waals surface area contributed by atoms with E-state index in [0.29, 0.717) is 18.0 Å². The van der Waals surface area contributed by atoms with Gasteiger partial charge < -0.3 is 10.3 Å². The third kappa shape index (κ3) is 2.27. The molecule has 0 atom stereocenters. The molecule has 2 heterocycles. The smallest absolute Gasteiger partial charge is 0.245 e. The number of aryl methyl sites for hydroxylation is 1. The van der Waals surface area contributed by atoms with E-state index >= 15 is 0 Å².